The summed E-state index contributed by atoms with van der Waals surface area (Å²) in [6, 6.07) is 13.2. The number of benzene rings is 2. The number of sulfonamides is 1. The predicted octanol–water partition coefficient (Wildman–Crippen LogP) is 5.13. The summed E-state index contributed by atoms with van der Waals surface area (Å²) in [5.41, 5.74) is 1.32. The Labute approximate surface area is 167 Å². The van der Waals surface area contributed by atoms with E-state index in [2.05, 4.69) is 30.8 Å². The molecule has 2 N–H and O–H groups in total. The largest absolute Gasteiger partial charge is 0.444 e. The van der Waals surface area contributed by atoms with Gasteiger partial charge in [-0.05, 0) is 68.1 Å². The van der Waals surface area contributed by atoms with Crippen molar-refractivity contribution in [1.29, 1.82) is 0 Å². The molecule has 0 aliphatic heterocycles. The highest BCUT2D eigenvalue weighted by atomic mass is 32.2. The number of nitrogens with one attached hydrogen (secondary N) is 2. The number of rotatable bonds is 4. The molecule has 2 rings (SSSR count). The van der Waals surface area contributed by atoms with Gasteiger partial charge in [-0.1, -0.05) is 32.9 Å². The van der Waals surface area contributed by atoms with Gasteiger partial charge in [0.05, 0.1) is 4.90 Å². The highest BCUT2D eigenvalue weighted by Gasteiger charge is 2.18. The van der Waals surface area contributed by atoms with Gasteiger partial charge in [0.15, 0.2) is 0 Å². The third-order valence-electron chi connectivity index (χ3n) is 3.81. The zero-order chi connectivity index (χ0) is 21.2. The lowest BCUT2D eigenvalue weighted by atomic mass is 9.87. The van der Waals surface area contributed by atoms with Crippen LogP contribution in [-0.4, -0.2) is 20.1 Å². The van der Waals surface area contributed by atoms with E-state index in [0.717, 1.165) is 5.56 Å². The molecule has 0 spiro atoms. The fourth-order valence-corrected chi connectivity index (χ4v) is 3.45. The Morgan fingerprint density at radius 2 is 1.32 bits per heavy atom. The van der Waals surface area contributed by atoms with Crippen LogP contribution in [0.1, 0.15) is 47.1 Å². The van der Waals surface area contributed by atoms with Gasteiger partial charge < -0.3 is 4.74 Å². The van der Waals surface area contributed by atoms with Crippen molar-refractivity contribution >= 4 is 27.5 Å². The summed E-state index contributed by atoms with van der Waals surface area (Å²) < 4.78 is 32.9. The van der Waals surface area contributed by atoms with Crippen LogP contribution in [0.3, 0.4) is 0 Å². The molecule has 0 saturated carbocycles. The van der Waals surface area contributed by atoms with Crippen LogP contribution >= 0.6 is 0 Å². The van der Waals surface area contributed by atoms with Gasteiger partial charge in [-0.15, -0.1) is 0 Å². The lowest BCUT2D eigenvalue weighted by Gasteiger charge is -2.20. The lowest BCUT2D eigenvalue weighted by Crippen LogP contribution is -2.27. The van der Waals surface area contributed by atoms with E-state index in [4.69, 9.17) is 4.74 Å². The summed E-state index contributed by atoms with van der Waals surface area (Å²) >= 11 is 0. The number of amides is 1. The molecule has 0 aromatic heterocycles. The van der Waals surface area contributed by atoms with E-state index in [1.807, 2.05) is 12.1 Å². The Kier molecular flexibility index (Phi) is 6.09. The number of anilines is 2. The molecule has 0 fully saturated rings. The molecule has 0 saturated heterocycles. The van der Waals surface area contributed by atoms with Crippen molar-refractivity contribution in [2.75, 3.05) is 10.0 Å². The minimum atomic E-state index is -3.70. The summed E-state index contributed by atoms with van der Waals surface area (Å²) in [7, 11) is -3.70. The van der Waals surface area contributed by atoms with Crippen molar-refractivity contribution < 1.29 is 17.9 Å². The van der Waals surface area contributed by atoms with Crippen molar-refractivity contribution in [3.63, 3.8) is 0 Å². The van der Waals surface area contributed by atoms with Crippen LogP contribution in [0.2, 0.25) is 0 Å². The number of hydrogen-bond donors (Lipinski definition) is 2. The first-order valence-electron chi connectivity index (χ1n) is 9.00. The average molecular weight is 405 g/mol. The van der Waals surface area contributed by atoms with Crippen LogP contribution in [0.15, 0.2) is 53.4 Å². The van der Waals surface area contributed by atoms with E-state index in [9.17, 15) is 13.2 Å². The molecule has 0 heterocycles. The van der Waals surface area contributed by atoms with Gasteiger partial charge in [-0.2, -0.15) is 0 Å². The Morgan fingerprint density at radius 1 is 0.821 bits per heavy atom. The molecular weight excluding hydrogens is 376 g/mol. The molecular formula is C21H28N2O4S. The summed E-state index contributed by atoms with van der Waals surface area (Å²) in [4.78, 5) is 12.0. The molecule has 152 valence electrons. The lowest BCUT2D eigenvalue weighted by molar-refractivity contribution is 0.0636. The fraction of sp³-hybridized carbons (Fsp3) is 0.381. The molecule has 2 aromatic carbocycles. The maximum atomic E-state index is 12.6. The summed E-state index contributed by atoms with van der Waals surface area (Å²) in [5.74, 6) is 0. The van der Waals surface area contributed by atoms with Gasteiger partial charge in [0.25, 0.3) is 10.0 Å². The Morgan fingerprint density at radius 3 is 1.79 bits per heavy atom. The maximum absolute atomic E-state index is 12.6. The zero-order valence-corrected chi connectivity index (χ0v) is 18.0. The second-order valence-electron chi connectivity index (χ2n) is 8.58. The Balaban J connectivity index is 2.07. The Hall–Kier alpha value is -2.54. The van der Waals surface area contributed by atoms with Crippen LogP contribution in [-0.2, 0) is 20.2 Å². The SMILES string of the molecule is CC(C)(C)OC(=O)Nc1ccc(NS(=O)(=O)c2ccc(C(C)(C)C)cc2)cc1. The molecule has 0 bridgehead atoms. The first kappa shape index (κ1) is 21.8. The fourth-order valence-electron chi connectivity index (χ4n) is 2.39. The van der Waals surface area contributed by atoms with Crippen molar-refractivity contribution in [3.8, 4) is 0 Å². The predicted molar refractivity (Wildman–Crippen MR) is 112 cm³/mol. The molecule has 0 aliphatic carbocycles. The van der Waals surface area contributed by atoms with E-state index in [1.54, 1.807) is 57.2 Å². The number of hydrogen-bond acceptors (Lipinski definition) is 4. The maximum Gasteiger partial charge on any atom is 0.412 e. The number of carbonyl (C=O) groups excluding carboxylic acids is 1. The van der Waals surface area contributed by atoms with Crippen molar-refractivity contribution in [3.05, 3.63) is 54.1 Å². The van der Waals surface area contributed by atoms with Gasteiger partial charge >= 0.3 is 6.09 Å². The van der Waals surface area contributed by atoms with E-state index in [1.165, 1.54) is 0 Å². The quantitative estimate of drug-likeness (QED) is 0.740. The third-order valence-corrected chi connectivity index (χ3v) is 5.21. The first-order chi connectivity index (χ1) is 12.8. The first-order valence-corrected chi connectivity index (χ1v) is 10.5. The van der Waals surface area contributed by atoms with E-state index < -0.39 is 21.7 Å². The third kappa shape index (κ3) is 6.27. The van der Waals surface area contributed by atoms with Gasteiger partial charge in [0, 0.05) is 11.4 Å². The second kappa shape index (κ2) is 7.83. The molecule has 7 heteroatoms. The van der Waals surface area contributed by atoms with Crippen molar-refractivity contribution in [2.45, 2.75) is 57.5 Å². The highest BCUT2D eigenvalue weighted by molar-refractivity contribution is 7.92. The molecule has 0 radical (unpaired) electrons. The van der Waals surface area contributed by atoms with Crippen LogP contribution in [0.5, 0.6) is 0 Å². The molecule has 28 heavy (non-hydrogen) atoms. The van der Waals surface area contributed by atoms with E-state index in [0.29, 0.717) is 11.4 Å². The number of ether oxygens (including phenoxy) is 1. The second-order valence-corrected chi connectivity index (χ2v) is 10.3. The van der Waals surface area contributed by atoms with Crippen LogP contribution in [0.25, 0.3) is 0 Å². The average Bonchev–Trinajstić information content (AvgIpc) is 2.54. The summed E-state index contributed by atoms with van der Waals surface area (Å²) in [6.45, 7) is 11.5. The minimum absolute atomic E-state index is 0.0489. The van der Waals surface area contributed by atoms with Crippen molar-refractivity contribution in [1.82, 2.24) is 0 Å². The van der Waals surface area contributed by atoms with Crippen LogP contribution < -0.4 is 10.0 Å². The topological polar surface area (TPSA) is 84.5 Å². The zero-order valence-electron chi connectivity index (χ0n) is 17.2. The minimum Gasteiger partial charge on any atom is -0.444 e. The molecule has 0 aliphatic rings. The summed E-state index contributed by atoms with van der Waals surface area (Å²) in [5, 5.41) is 2.60. The van der Waals surface area contributed by atoms with E-state index >= 15 is 0 Å². The van der Waals surface area contributed by atoms with Gasteiger partial charge in [-0.25, -0.2) is 13.2 Å². The van der Waals surface area contributed by atoms with Gasteiger partial charge in [0.2, 0.25) is 0 Å². The standard InChI is InChI=1S/C21H28N2O4S/c1-20(2,3)15-7-13-18(14-8-15)28(25,26)23-17-11-9-16(10-12-17)22-19(24)27-21(4,5)6/h7-14,23H,1-6H3,(H,22,24). The molecule has 0 atom stereocenters. The monoisotopic (exact) mass is 404 g/mol. The molecule has 2 aromatic rings. The normalized spacial score (nSPS) is 12.4. The molecule has 0 unspecified atom stereocenters. The highest BCUT2D eigenvalue weighted by Crippen LogP contribution is 2.24. The van der Waals surface area contributed by atoms with Gasteiger partial charge in [-0.3, -0.25) is 10.0 Å². The van der Waals surface area contributed by atoms with Gasteiger partial charge in [0.1, 0.15) is 5.60 Å². The smallest absolute Gasteiger partial charge is 0.412 e. The number of carbonyl (C=O) groups is 1. The van der Waals surface area contributed by atoms with Crippen LogP contribution in [0.4, 0.5) is 16.2 Å². The van der Waals surface area contributed by atoms with E-state index in [-0.39, 0.29) is 10.3 Å². The van der Waals surface area contributed by atoms with Crippen LogP contribution in [0, 0.1) is 0 Å². The molecule has 6 nitrogen and oxygen atoms in total. The Bertz CT molecular complexity index is 920. The van der Waals surface area contributed by atoms with Crippen molar-refractivity contribution in [2.24, 2.45) is 0 Å². The molecule has 1 amide bonds. The summed E-state index contributed by atoms with van der Waals surface area (Å²) in [6.07, 6.45) is -0.570.